The van der Waals surface area contributed by atoms with E-state index in [-0.39, 0.29) is 0 Å². The summed E-state index contributed by atoms with van der Waals surface area (Å²) in [5, 5.41) is 9.77. The SMILES string of the molecule is c1cc(-c2ccc(-c3cccc4ccccc34)cc2)cc(N(c2ccc(-c3cccc4c3ccc3ccccc34)cc2)c2cccc3oc4ccccc4c23)c1. The second-order valence-electron chi connectivity index (χ2n) is 14.5. The van der Waals surface area contributed by atoms with Gasteiger partial charge in [-0.1, -0.05) is 170 Å². The second kappa shape index (κ2) is 13.2. The van der Waals surface area contributed by atoms with E-state index in [1.54, 1.807) is 0 Å². The van der Waals surface area contributed by atoms with E-state index in [2.05, 4.69) is 205 Å². The summed E-state index contributed by atoms with van der Waals surface area (Å²) in [4.78, 5) is 2.37. The molecule has 0 spiro atoms. The normalized spacial score (nSPS) is 11.6. The summed E-state index contributed by atoms with van der Waals surface area (Å²) < 4.78 is 6.40. The highest BCUT2D eigenvalue weighted by molar-refractivity contribution is 6.14. The van der Waals surface area contributed by atoms with Gasteiger partial charge in [-0.25, -0.2) is 0 Å². The summed E-state index contributed by atoms with van der Waals surface area (Å²) in [5.74, 6) is 0. The average molecular weight is 714 g/mol. The van der Waals surface area contributed by atoms with Crippen molar-refractivity contribution < 1.29 is 4.42 Å². The van der Waals surface area contributed by atoms with Crippen molar-refractivity contribution in [1.29, 1.82) is 0 Å². The van der Waals surface area contributed by atoms with Crippen LogP contribution in [0.1, 0.15) is 0 Å². The zero-order chi connectivity index (χ0) is 37.0. The van der Waals surface area contributed by atoms with E-state index < -0.39 is 0 Å². The molecule has 10 aromatic carbocycles. The maximum absolute atomic E-state index is 6.40. The number of hydrogen-bond acceptors (Lipinski definition) is 2. The molecule has 0 atom stereocenters. The molecule has 0 bridgehead atoms. The van der Waals surface area contributed by atoms with Gasteiger partial charge in [0, 0.05) is 16.8 Å². The van der Waals surface area contributed by atoms with Crippen LogP contribution in [0.4, 0.5) is 17.1 Å². The van der Waals surface area contributed by atoms with E-state index in [4.69, 9.17) is 4.42 Å². The van der Waals surface area contributed by atoms with Crippen molar-refractivity contribution in [3.63, 3.8) is 0 Å². The van der Waals surface area contributed by atoms with E-state index in [9.17, 15) is 0 Å². The molecule has 0 saturated carbocycles. The Morgan fingerprint density at radius 1 is 0.304 bits per heavy atom. The summed E-state index contributed by atoms with van der Waals surface area (Å²) >= 11 is 0. The Kier molecular flexibility index (Phi) is 7.53. The maximum Gasteiger partial charge on any atom is 0.137 e. The molecule has 0 aliphatic heterocycles. The third-order valence-corrected chi connectivity index (χ3v) is 11.3. The molecule has 0 saturated heterocycles. The molecule has 0 N–H and O–H groups in total. The molecular formula is C54H35NO. The Bertz CT molecular complexity index is 3240. The van der Waals surface area contributed by atoms with Gasteiger partial charge in [0.2, 0.25) is 0 Å². The van der Waals surface area contributed by atoms with Crippen molar-refractivity contribution in [2.24, 2.45) is 0 Å². The average Bonchev–Trinajstić information content (AvgIpc) is 3.66. The lowest BCUT2D eigenvalue weighted by atomic mass is 9.94. The fourth-order valence-corrected chi connectivity index (χ4v) is 8.60. The van der Waals surface area contributed by atoms with Crippen LogP contribution < -0.4 is 4.90 Å². The van der Waals surface area contributed by atoms with Gasteiger partial charge in [0.1, 0.15) is 11.2 Å². The summed E-state index contributed by atoms with van der Waals surface area (Å²) in [6.45, 7) is 0. The van der Waals surface area contributed by atoms with Crippen LogP contribution in [0.15, 0.2) is 217 Å². The summed E-state index contributed by atoms with van der Waals surface area (Å²) in [7, 11) is 0. The Morgan fingerprint density at radius 3 is 1.70 bits per heavy atom. The molecule has 0 aliphatic carbocycles. The minimum absolute atomic E-state index is 0.869. The maximum atomic E-state index is 6.40. The van der Waals surface area contributed by atoms with Gasteiger partial charge in [-0.3, -0.25) is 0 Å². The molecule has 1 heterocycles. The van der Waals surface area contributed by atoms with E-state index in [0.29, 0.717) is 0 Å². The Labute approximate surface area is 325 Å². The molecular weight excluding hydrogens is 679 g/mol. The quantitative estimate of drug-likeness (QED) is 0.160. The van der Waals surface area contributed by atoms with Crippen LogP contribution in [-0.2, 0) is 0 Å². The standard InChI is InChI=1S/C54H35NO/c1-3-16-44-37(11-1)13-8-19-45(44)39-27-25-36(26-28-39)41-14-7-15-43(35-41)55(51-22-10-24-53-54(51)50-18-5-6-23-52(50)56-53)42-32-29-40(30-33-42)47-20-9-21-48-46-17-4-2-12-38(46)31-34-49(47)48/h1-35H. The molecule has 0 amide bonds. The van der Waals surface area contributed by atoms with Crippen molar-refractivity contribution in [1.82, 2.24) is 0 Å². The van der Waals surface area contributed by atoms with Gasteiger partial charge < -0.3 is 9.32 Å². The van der Waals surface area contributed by atoms with Gasteiger partial charge in [-0.15, -0.1) is 0 Å². The van der Waals surface area contributed by atoms with Gasteiger partial charge in [0.05, 0.1) is 11.1 Å². The van der Waals surface area contributed by atoms with Crippen LogP contribution in [0, 0.1) is 0 Å². The van der Waals surface area contributed by atoms with Crippen LogP contribution in [0.2, 0.25) is 0 Å². The number of para-hydroxylation sites is 1. The molecule has 1 aromatic heterocycles. The minimum Gasteiger partial charge on any atom is -0.456 e. The van der Waals surface area contributed by atoms with Gasteiger partial charge in [-0.05, 0) is 108 Å². The predicted molar refractivity (Wildman–Crippen MR) is 237 cm³/mol. The molecule has 0 fully saturated rings. The Balaban J connectivity index is 1.03. The molecule has 0 unspecified atom stereocenters. The third-order valence-electron chi connectivity index (χ3n) is 11.3. The van der Waals surface area contributed by atoms with Crippen molar-refractivity contribution in [2.75, 3.05) is 4.90 Å². The van der Waals surface area contributed by atoms with Crippen molar-refractivity contribution in [2.45, 2.75) is 0 Å². The number of benzene rings is 10. The van der Waals surface area contributed by atoms with Crippen LogP contribution in [0.25, 0.3) is 87.6 Å². The summed E-state index contributed by atoms with van der Waals surface area (Å²) in [5.41, 5.74) is 12.1. The first kappa shape index (κ1) is 32.0. The number of fused-ring (bicyclic) bond motifs is 7. The molecule has 2 heteroatoms. The van der Waals surface area contributed by atoms with Crippen LogP contribution in [-0.4, -0.2) is 0 Å². The molecule has 0 radical (unpaired) electrons. The second-order valence-corrected chi connectivity index (χ2v) is 14.5. The van der Waals surface area contributed by atoms with Crippen molar-refractivity contribution in [3.8, 4) is 33.4 Å². The molecule has 262 valence electrons. The molecule has 11 rings (SSSR count). The largest absolute Gasteiger partial charge is 0.456 e. The monoisotopic (exact) mass is 713 g/mol. The van der Waals surface area contributed by atoms with E-state index >= 15 is 0 Å². The zero-order valence-electron chi connectivity index (χ0n) is 30.6. The fraction of sp³-hybridized carbons (Fsp3) is 0. The highest BCUT2D eigenvalue weighted by atomic mass is 16.3. The van der Waals surface area contributed by atoms with Gasteiger partial charge >= 0.3 is 0 Å². The van der Waals surface area contributed by atoms with E-state index in [1.807, 2.05) is 12.1 Å². The third kappa shape index (κ3) is 5.34. The number of hydrogen-bond donors (Lipinski definition) is 0. The lowest BCUT2D eigenvalue weighted by molar-refractivity contribution is 0.669. The van der Waals surface area contributed by atoms with Crippen molar-refractivity contribution in [3.05, 3.63) is 212 Å². The summed E-state index contributed by atoms with van der Waals surface area (Å²) in [6, 6.07) is 76.5. The van der Waals surface area contributed by atoms with E-state index in [0.717, 1.165) is 44.6 Å². The van der Waals surface area contributed by atoms with Gasteiger partial charge in [-0.2, -0.15) is 0 Å². The van der Waals surface area contributed by atoms with Crippen LogP contribution in [0.3, 0.4) is 0 Å². The number of rotatable bonds is 6. The smallest absolute Gasteiger partial charge is 0.137 e. The molecule has 11 aromatic rings. The number of anilines is 3. The molecule has 0 aliphatic rings. The predicted octanol–water partition coefficient (Wildman–Crippen LogP) is 15.5. The fourth-order valence-electron chi connectivity index (χ4n) is 8.60. The first-order valence-corrected chi connectivity index (χ1v) is 19.2. The van der Waals surface area contributed by atoms with Gasteiger partial charge in [0.15, 0.2) is 0 Å². The number of nitrogens with zero attached hydrogens (tertiary/aromatic N) is 1. The lowest BCUT2D eigenvalue weighted by Gasteiger charge is -2.27. The van der Waals surface area contributed by atoms with E-state index in [1.165, 1.54) is 60.1 Å². The van der Waals surface area contributed by atoms with Gasteiger partial charge in [0.25, 0.3) is 0 Å². The lowest BCUT2D eigenvalue weighted by Crippen LogP contribution is -2.10. The van der Waals surface area contributed by atoms with Crippen LogP contribution >= 0.6 is 0 Å². The van der Waals surface area contributed by atoms with Crippen molar-refractivity contribution >= 4 is 71.3 Å². The Morgan fingerprint density at radius 2 is 0.875 bits per heavy atom. The highest BCUT2D eigenvalue weighted by Gasteiger charge is 2.20. The highest BCUT2D eigenvalue weighted by Crippen LogP contribution is 2.44. The molecule has 56 heavy (non-hydrogen) atoms. The zero-order valence-corrected chi connectivity index (χ0v) is 30.6. The topological polar surface area (TPSA) is 16.4 Å². The number of furan rings is 1. The van der Waals surface area contributed by atoms with Crippen LogP contribution in [0.5, 0.6) is 0 Å². The minimum atomic E-state index is 0.869. The summed E-state index contributed by atoms with van der Waals surface area (Å²) in [6.07, 6.45) is 0. The molecule has 2 nitrogen and oxygen atoms in total. The first-order chi connectivity index (χ1) is 27.8. The Hall–Kier alpha value is -7.42. The first-order valence-electron chi connectivity index (χ1n) is 19.2.